The Balaban J connectivity index is 2.47. The zero-order chi connectivity index (χ0) is 12.7. The number of anilines is 1. The number of nitrogens with two attached hydrogens (primary N) is 1. The molecule has 0 fully saturated rings. The fourth-order valence-corrected chi connectivity index (χ4v) is 1.57. The normalized spacial score (nSPS) is 12.1. The molecular weight excluding hydrogens is 216 g/mol. The Morgan fingerprint density at radius 2 is 2.06 bits per heavy atom. The van der Waals surface area contributed by atoms with Crippen LogP contribution < -0.4 is 11.1 Å². The van der Waals surface area contributed by atoms with Crippen molar-refractivity contribution in [2.24, 2.45) is 5.73 Å². The van der Waals surface area contributed by atoms with Crippen LogP contribution in [0, 0.1) is 0 Å². The standard InChI is InChI=1S/C13H20N2O2/c1-10(7-8-17-2)15-12-5-3-11(4-6-12)9-13(14)16/h3-6,10,15H,7-9H2,1-2H3,(H2,14,16). The van der Waals surface area contributed by atoms with Crippen molar-refractivity contribution in [3.05, 3.63) is 29.8 Å². The summed E-state index contributed by atoms with van der Waals surface area (Å²) in [7, 11) is 1.70. The van der Waals surface area contributed by atoms with Gasteiger partial charge in [-0.15, -0.1) is 0 Å². The molecule has 4 heteroatoms. The van der Waals surface area contributed by atoms with Crippen LogP contribution in [0.15, 0.2) is 24.3 Å². The number of benzene rings is 1. The molecule has 0 saturated carbocycles. The third kappa shape index (κ3) is 5.36. The van der Waals surface area contributed by atoms with Crippen LogP contribution in [0.25, 0.3) is 0 Å². The van der Waals surface area contributed by atoms with Gasteiger partial charge in [0.2, 0.25) is 5.91 Å². The molecule has 17 heavy (non-hydrogen) atoms. The van der Waals surface area contributed by atoms with Gasteiger partial charge in [-0.05, 0) is 31.0 Å². The Labute approximate surface area is 102 Å². The summed E-state index contributed by atoms with van der Waals surface area (Å²) >= 11 is 0. The van der Waals surface area contributed by atoms with Crippen LogP contribution in [0.1, 0.15) is 18.9 Å². The highest BCUT2D eigenvalue weighted by Gasteiger charge is 2.02. The van der Waals surface area contributed by atoms with Crippen molar-refractivity contribution in [3.8, 4) is 0 Å². The average Bonchev–Trinajstić information content (AvgIpc) is 2.28. The largest absolute Gasteiger partial charge is 0.385 e. The lowest BCUT2D eigenvalue weighted by Crippen LogP contribution is -2.17. The monoisotopic (exact) mass is 236 g/mol. The van der Waals surface area contributed by atoms with Gasteiger partial charge in [0.05, 0.1) is 6.42 Å². The number of carbonyl (C=O) groups is 1. The highest BCUT2D eigenvalue weighted by molar-refractivity contribution is 5.76. The van der Waals surface area contributed by atoms with E-state index in [0.717, 1.165) is 24.3 Å². The topological polar surface area (TPSA) is 64.3 Å². The first-order valence-corrected chi connectivity index (χ1v) is 5.74. The first-order chi connectivity index (χ1) is 8.11. The summed E-state index contributed by atoms with van der Waals surface area (Å²) in [5.41, 5.74) is 7.11. The number of primary amides is 1. The zero-order valence-corrected chi connectivity index (χ0v) is 10.4. The van der Waals surface area contributed by atoms with E-state index in [2.05, 4.69) is 12.2 Å². The van der Waals surface area contributed by atoms with E-state index < -0.39 is 0 Å². The van der Waals surface area contributed by atoms with Crippen LogP contribution in [0.5, 0.6) is 0 Å². The van der Waals surface area contributed by atoms with E-state index >= 15 is 0 Å². The van der Waals surface area contributed by atoms with E-state index in [9.17, 15) is 4.79 Å². The Kier molecular flexibility index (Phi) is 5.49. The molecule has 3 N–H and O–H groups in total. The molecule has 1 atom stereocenters. The van der Waals surface area contributed by atoms with Crippen LogP contribution in [0.2, 0.25) is 0 Å². The molecule has 4 nitrogen and oxygen atoms in total. The molecular formula is C13H20N2O2. The Morgan fingerprint density at radius 3 is 2.59 bits per heavy atom. The lowest BCUT2D eigenvalue weighted by molar-refractivity contribution is -0.117. The number of methoxy groups -OCH3 is 1. The average molecular weight is 236 g/mol. The maximum Gasteiger partial charge on any atom is 0.221 e. The second-order valence-electron chi connectivity index (χ2n) is 4.17. The quantitative estimate of drug-likeness (QED) is 0.755. The number of amides is 1. The maximum atomic E-state index is 10.7. The van der Waals surface area contributed by atoms with E-state index in [-0.39, 0.29) is 5.91 Å². The predicted molar refractivity (Wildman–Crippen MR) is 68.9 cm³/mol. The lowest BCUT2D eigenvalue weighted by atomic mass is 10.1. The van der Waals surface area contributed by atoms with Crippen molar-refractivity contribution in [3.63, 3.8) is 0 Å². The predicted octanol–water partition coefficient (Wildman–Crippen LogP) is 1.55. The van der Waals surface area contributed by atoms with Gasteiger partial charge in [-0.1, -0.05) is 12.1 Å². The van der Waals surface area contributed by atoms with Crippen LogP contribution in [-0.2, 0) is 16.0 Å². The number of ether oxygens (including phenoxy) is 1. The minimum atomic E-state index is -0.306. The van der Waals surface area contributed by atoms with Crippen molar-refractivity contribution in [2.45, 2.75) is 25.8 Å². The molecule has 0 saturated heterocycles. The summed E-state index contributed by atoms with van der Waals surface area (Å²) in [4.78, 5) is 10.7. The molecule has 0 spiro atoms. The second-order valence-corrected chi connectivity index (χ2v) is 4.17. The zero-order valence-electron chi connectivity index (χ0n) is 10.4. The molecule has 0 aliphatic carbocycles. The first-order valence-electron chi connectivity index (χ1n) is 5.74. The van der Waals surface area contributed by atoms with Gasteiger partial charge < -0.3 is 15.8 Å². The Bertz CT molecular complexity index is 349. The number of hydrogen-bond acceptors (Lipinski definition) is 3. The summed E-state index contributed by atoms with van der Waals surface area (Å²) in [6.45, 7) is 2.85. The van der Waals surface area contributed by atoms with Gasteiger partial charge in [0.15, 0.2) is 0 Å². The van der Waals surface area contributed by atoms with Gasteiger partial charge in [-0.25, -0.2) is 0 Å². The highest BCUT2D eigenvalue weighted by Crippen LogP contribution is 2.12. The van der Waals surface area contributed by atoms with Gasteiger partial charge in [-0.2, -0.15) is 0 Å². The fraction of sp³-hybridized carbons (Fsp3) is 0.462. The van der Waals surface area contributed by atoms with E-state index in [1.165, 1.54) is 0 Å². The van der Waals surface area contributed by atoms with E-state index in [0.29, 0.717) is 12.5 Å². The Morgan fingerprint density at radius 1 is 1.41 bits per heavy atom. The van der Waals surface area contributed by atoms with Crippen LogP contribution in [-0.4, -0.2) is 25.7 Å². The minimum absolute atomic E-state index is 0.291. The van der Waals surface area contributed by atoms with E-state index in [4.69, 9.17) is 10.5 Å². The van der Waals surface area contributed by atoms with Gasteiger partial charge in [0.1, 0.15) is 0 Å². The van der Waals surface area contributed by atoms with Gasteiger partial charge in [0.25, 0.3) is 0 Å². The number of nitrogens with one attached hydrogen (secondary N) is 1. The molecule has 1 aromatic carbocycles. The maximum absolute atomic E-state index is 10.7. The molecule has 1 unspecified atom stereocenters. The second kappa shape index (κ2) is 6.91. The van der Waals surface area contributed by atoms with Gasteiger partial charge in [-0.3, -0.25) is 4.79 Å². The van der Waals surface area contributed by atoms with Crippen molar-refractivity contribution in [1.82, 2.24) is 0 Å². The molecule has 1 aromatic rings. The lowest BCUT2D eigenvalue weighted by Gasteiger charge is -2.14. The number of rotatable bonds is 7. The third-order valence-electron chi connectivity index (χ3n) is 2.50. The number of hydrogen-bond donors (Lipinski definition) is 2. The summed E-state index contributed by atoms with van der Waals surface area (Å²) < 4.78 is 5.02. The van der Waals surface area contributed by atoms with Gasteiger partial charge in [0, 0.05) is 25.4 Å². The number of carbonyl (C=O) groups excluding carboxylic acids is 1. The van der Waals surface area contributed by atoms with Crippen LogP contribution in [0.3, 0.4) is 0 Å². The third-order valence-corrected chi connectivity index (χ3v) is 2.50. The van der Waals surface area contributed by atoms with Crippen molar-refractivity contribution >= 4 is 11.6 Å². The molecule has 0 aliphatic rings. The molecule has 1 amide bonds. The summed E-state index contributed by atoms with van der Waals surface area (Å²) in [6, 6.07) is 8.10. The molecule has 0 aliphatic heterocycles. The van der Waals surface area contributed by atoms with E-state index in [1.54, 1.807) is 7.11 Å². The Hall–Kier alpha value is -1.55. The van der Waals surface area contributed by atoms with Crippen molar-refractivity contribution in [1.29, 1.82) is 0 Å². The molecule has 94 valence electrons. The molecule has 1 rings (SSSR count). The van der Waals surface area contributed by atoms with Crippen LogP contribution >= 0.6 is 0 Å². The smallest absolute Gasteiger partial charge is 0.221 e. The first kappa shape index (κ1) is 13.5. The van der Waals surface area contributed by atoms with Crippen molar-refractivity contribution in [2.75, 3.05) is 19.0 Å². The molecule has 0 bridgehead atoms. The molecule has 0 heterocycles. The summed E-state index contributed by atoms with van der Waals surface area (Å²) in [5, 5.41) is 3.36. The minimum Gasteiger partial charge on any atom is -0.385 e. The molecule has 0 aromatic heterocycles. The van der Waals surface area contributed by atoms with Crippen LogP contribution in [0.4, 0.5) is 5.69 Å². The summed E-state index contributed by atoms with van der Waals surface area (Å²) in [5.74, 6) is -0.306. The highest BCUT2D eigenvalue weighted by atomic mass is 16.5. The molecule has 0 radical (unpaired) electrons. The van der Waals surface area contributed by atoms with Crippen molar-refractivity contribution < 1.29 is 9.53 Å². The summed E-state index contributed by atoms with van der Waals surface area (Å²) in [6.07, 6.45) is 1.25. The van der Waals surface area contributed by atoms with E-state index in [1.807, 2.05) is 24.3 Å². The fourth-order valence-electron chi connectivity index (χ4n) is 1.57. The SMILES string of the molecule is COCCC(C)Nc1ccc(CC(N)=O)cc1. The van der Waals surface area contributed by atoms with Gasteiger partial charge >= 0.3 is 0 Å².